The topological polar surface area (TPSA) is 84.7 Å². The van der Waals surface area contributed by atoms with Gasteiger partial charge in [0.05, 0.1) is 17.3 Å². The highest BCUT2D eigenvalue weighted by atomic mass is 16.2. The molecule has 1 amide bonds. The molecule has 0 saturated heterocycles. The Morgan fingerprint density at radius 2 is 2.09 bits per heavy atom. The van der Waals surface area contributed by atoms with Crippen LogP contribution in [-0.4, -0.2) is 25.7 Å². The first-order valence-electron chi connectivity index (χ1n) is 7.41. The number of amides is 1. The van der Waals surface area contributed by atoms with Gasteiger partial charge in [-0.25, -0.2) is 14.6 Å². The highest BCUT2D eigenvalue weighted by Gasteiger charge is 2.12. The van der Waals surface area contributed by atoms with Crippen molar-refractivity contribution in [1.29, 1.82) is 0 Å². The van der Waals surface area contributed by atoms with Crippen molar-refractivity contribution in [2.75, 3.05) is 5.43 Å². The van der Waals surface area contributed by atoms with Gasteiger partial charge in [-0.05, 0) is 25.5 Å². The van der Waals surface area contributed by atoms with Crippen LogP contribution in [0.2, 0.25) is 0 Å². The number of aromatic nitrogens is 4. The van der Waals surface area contributed by atoms with Crippen LogP contribution in [0.3, 0.4) is 0 Å². The first-order chi connectivity index (χ1) is 11.1. The van der Waals surface area contributed by atoms with Crippen LogP contribution >= 0.6 is 0 Å². The molecule has 0 aliphatic heterocycles. The van der Waals surface area contributed by atoms with E-state index in [-0.39, 0.29) is 5.91 Å². The molecule has 0 aliphatic rings. The van der Waals surface area contributed by atoms with Crippen LogP contribution in [0.15, 0.2) is 30.7 Å². The third-order valence-corrected chi connectivity index (χ3v) is 3.59. The molecule has 3 rings (SSSR count). The molecule has 7 nitrogen and oxygen atoms in total. The molecular weight excluding hydrogens is 292 g/mol. The fourth-order valence-electron chi connectivity index (χ4n) is 2.38. The number of hydrazine groups is 1. The van der Waals surface area contributed by atoms with Gasteiger partial charge < -0.3 is 0 Å². The monoisotopic (exact) mass is 310 g/mol. The molecule has 118 valence electrons. The second kappa shape index (κ2) is 6.04. The molecule has 0 radical (unpaired) electrons. The Morgan fingerprint density at radius 1 is 1.26 bits per heavy atom. The largest absolute Gasteiger partial charge is 0.281 e. The summed E-state index contributed by atoms with van der Waals surface area (Å²) in [6, 6.07) is 6.16. The maximum absolute atomic E-state index is 11.4. The molecule has 0 saturated carbocycles. The summed E-state index contributed by atoms with van der Waals surface area (Å²) in [5, 5.41) is 5.17. The zero-order valence-corrected chi connectivity index (χ0v) is 13.3. The number of anilines is 1. The van der Waals surface area contributed by atoms with Crippen molar-refractivity contribution in [3.63, 3.8) is 0 Å². The van der Waals surface area contributed by atoms with Gasteiger partial charge in [0.25, 0.3) is 0 Å². The normalized spacial score (nSPS) is 10.7. The first-order valence-corrected chi connectivity index (χ1v) is 7.41. The molecule has 23 heavy (non-hydrogen) atoms. The Balaban J connectivity index is 2.02. The molecular formula is C16H18N6O. The SMILES string of the molecule is CCC(=O)NNc1ncnc2c1cnn2-c1ccc(C)cc1C. The molecule has 2 aromatic heterocycles. The summed E-state index contributed by atoms with van der Waals surface area (Å²) in [4.78, 5) is 19.9. The van der Waals surface area contributed by atoms with Gasteiger partial charge in [0, 0.05) is 6.42 Å². The summed E-state index contributed by atoms with van der Waals surface area (Å²) in [7, 11) is 0. The summed E-state index contributed by atoms with van der Waals surface area (Å²) in [6.45, 7) is 5.88. The lowest BCUT2D eigenvalue weighted by Gasteiger charge is -2.09. The first kappa shape index (κ1) is 15.0. The van der Waals surface area contributed by atoms with Gasteiger partial charge >= 0.3 is 0 Å². The molecule has 0 spiro atoms. The smallest absolute Gasteiger partial charge is 0.238 e. The van der Waals surface area contributed by atoms with Crippen molar-refractivity contribution in [2.24, 2.45) is 0 Å². The van der Waals surface area contributed by atoms with E-state index in [2.05, 4.69) is 38.9 Å². The standard InChI is InChI=1S/C16H18N6O/c1-4-14(23)20-21-15-12-8-19-22(16(12)18-9-17-15)13-6-5-10(2)7-11(13)3/h5-9H,4H2,1-3H3,(H,20,23)(H,17,18,21). The van der Waals surface area contributed by atoms with Crippen LogP contribution in [0, 0.1) is 13.8 Å². The van der Waals surface area contributed by atoms with Crippen LogP contribution in [-0.2, 0) is 4.79 Å². The third kappa shape index (κ3) is 2.85. The van der Waals surface area contributed by atoms with E-state index in [9.17, 15) is 4.79 Å². The molecule has 0 unspecified atom stereocenters. The second-order valence-electron chi connectivity index (χ2n) is 5.33. The van der Waals surface area contributed by atoms with Crippen molar-refractivity contribution in [3.05, 3.63) is 41.9 Å². The summed E-state index contributed by atoms with van der Waals surface area (Å²) >= 11 is 0. The second-order valence-corrected chi connectivity index (χ2v) is 5.33. The predicted molar refractivity (Wildman–Crippen MR) is 88.2 cm³/mol. The predicted octanol–water partition coefficient (Wildman–Crippen LogP) is 2.29. The number of aryl methyl sites for hydroxylation is 2. The van der Waals surface area contributed by atoms with Gasteiger partial charge in [-0.3, -0.25) is 15.6 Å². The van der Waals surface area contributed by atoms with Crippen LogP contribution < -0.4 is 10.9 Å². The van der Waals surface area contributed by atoms with Gasteiger partial charge in [0.2, 0.25) is 5.91 Å². The molecule has 0 aliphatic carbocycles. The van der Waals surface area contributed by atoms with Gasteiger partial charge in [-0.15, -0.1) is 0 Å². The average molecular weight is 310 g/mol. The Bertz CT molecular complexity index is 870. The fourth-order valence-corrected chi connectivity index (χ4v) is 2.38. The van der Waals surface area contributed by atoms with Gasteiger partial charge in [-0.2, -0.15) is 5.10 Å². The number of carbonyl (C=O) groups is 1. The van der Waals surface area contributed by atoms with Crippen molar-refractivity contribution in [3.8, 4) is 5.69 Å². The highest BCUT2D eigenvalue weighted by molar-refractivity contribution is 5.88. The van der Waals surface area contributed by atoms with Gasteiger partial charge in [0.15, 0.2) is 11.5 Å². The highest BCUT2D eigenvalue weighted by Crippen LogP contribution is 2.23. The van der Waals surface area contributed by atoms with Crippen molar-refractivity contribution >= 4 is 22.8 Å². The molecule has 3 aromatic rings. The number of benzene rings is 1. The Kier molecular flexibility index (Phi) is 3.92. The molecule has 1 aromatic carbocycles. The molecule has 2 N–H and O–H groups in total. The van der Waals surface area contributed by atoms with E-state index < -0.39 is 0 Å². The van der Waals surface area contributed by atoms with Gasteiger partial charge in [0.1, 0.15) is 6.33 Å². The molecule has 2 heterocycles. The number of carbonyl (C=O) groups excluding carboxylic acids is 1. The average Bonchev–Trinajstić information content (AvgIpc) is 2.97. The minimum atomic E-state index is -0.112. The zero-order chi connectivity index (χ0) is 16.4. The van der Waals surface area contributed by atoms with E-state index >= 15 is 0 Å². The Hall–Kier alpha value is -2.96. The Labute approximate surface area is 133 Å². The van der Waals surface area contributed by atoms with E-state index in [0.717, 1.165) is 16.6 Å². The lowest BCUT2D eigenvalue weighted by atomic mass is 10.1. The minimum Gasteiger partial charge on any atom is -0.281 e. The van der Waals surface area contributed by atoms with Crippen LogP contribution in [0.4, 0.5) is 5.82 Å². The van der Waals surface area contributed by atoms with Gasteiger partial charge in [-0.1, -0.05) is 24.6 Å². The summed E-state index contributed by atoms with van der Waals surface area (Å²) in [6.07, 6.45) is 3.53. The molecule has 0 fully saturated rings. The third-order valence-electron chi connectivity index (χ3n) is 3.59. The number of fused-ring (bicyclic) bond motifs is 1. The Morgan fingerprint density at radius 3 is 2.83 bits per heavy atom. The number of nitrogens with zero attached hydrogens (tertiary/aromatic N) is 4. The molecule has 0 bridgehead atoms. The zero-order valence-electron chi connectivity index (χ0n) is 13.3. The van der Waals surface area contributed by atoms with Crippen LogP contribution in [0.5, 0.6) is 0 Å². The minimum absolute atomic E-state index is 0.112. The number of hydrogen-bond acceptors (Lipinski definition) is 5. The fraction of sp³-hybridized carbons (Fsp3) is 0.250. The molecule has 7 heteroatoms. The number of rotatable bonds is 4. The quantitative estimate of drug-likeness (QED) is 0.722. The lowest BCUT2D eigenvalue weighted by molar-refractivity contribution is -0.120. The summed E-state index contributed by atoms with van der Waals surface area (Å²) in [5.41, 5.74) is 9.37. The number of nitrogens with one attached hydrogen (secondary N) is 2. The van der Waals surface area contributed by atoms with Crippen LogP contribution in [0.25, 0.3) is 16.7 Å². The number of hydrogen-bond donors (Lipinski definition) is 2. The molecule has 0 atom stereocenters. The maximum atomic E-state index is 11.4. The van der Waals surface area contributed by atoms with Crippen molar-refractivity contribution in [1.82, 2.24) is 25.2 Å². The van der Waals surface area contributed by atoms with E-state index in [1.165, 1.54) is 11.9 Å². The van der Waals surface area contributed by atoms with Crippen LogP contribution in [0.1, 0.15) is 24.5 Å². The van der Waals surface area contributed by atoms with Crippen molar-refractivity contribution < 1.29 is 4.79 Å². The van der Waals surface area contributed by atoms with E-state index in [4.69, 9.17) is 0 Å². The summed E-state index contributed by atoms with van der Waals surface area (Å²) in [5.74, 6) is 0.409. The maximum Gasteiger partial charge on any atom is 0.238 e. The van der Waals surface area contributed by atoms with Crippen molar-refractivity contribution in [2.45, 2.75) is 27.2 Å². The van der Waals surface area contributed by atoms with E-state index in [1.807, 2.05) is 19.1 Å². The van der Waals surface area contributed by atoms with E-state index in [0.29, 0.717) is 17.9 Å². The lowest BCUT2D eigenvalue weighted by Crippen LogP contribution is -2.29. The van der Waals surface area contributed by atoms with E-state index in [1.54, 1.807) is 17.8 Å². The summed E-state index contributed by atoms with van der Waals surface area (Å²) < 4.78 is 1.78.